The molecule has 0 aliphatic carbocycles. The van der Waals surface area contributed by atoms with Crippen LogP contribution in [-0.4, -0.2) is 50.3 Å². The molecule has 1 N–H and O–H groups in total. The molecule has 17 heavy (non-hydrogen) atoms. The molecule has 0 saturated heterocycles. The average Bonchev–Trinajstić information content (AvgIpc) is 2.29. The Labute approximate surface area is 106 Å². The maximum Gasteiger partial charge on any atom is 0.103 e. The van der Waals surface area contributed by atoms with E-state index < -0.39 is 0 Å². The molecule has 0 bridgehead atoms. The van der Waals surface area contributed by atoms with Crippen molar-refractivity contribution in [1.29, 1.82) is 5.26 Å². The Kier molecular flexibility index (Phi) is 8.15. The van der Waals surface area contributed by atoms with Crippen LogP contribution in [0, 0.1) is 11.3 Å². The van der Waals surface area contributed by atoms with Crippen LogP contribution in [0.4, 0.5) is 0 Å². The van der Waals surface area contributed by atoms with Crippen LogP contribution in [0.15, 0.2) is 0 Å². The minimum absolute atomic E-state index is 0.389. The summed E-state index contributed by atoms with van der Waals surface area (Å²) in [6.07, 6.45) is 1.89. The molecule has 2 atom stereocenters. The van der Waals surface area contributed by atoms with Gasteiger partial charge in [-0.05, 0) is 46.8 Å². The third-order valence-electron chi connectivity index (χ3n) is 3.16. The predicted molar refractivity (Wildman–Crippen MR) is 70.9 cm³/mol. The van der Waals surface area contributed by atoms with Gasteiger partial charge in [-0.1, -0.05) is 6.92 Å². The maximum atomic E-state index is 9.13. The topological polar surface area (TPSA) is 48.3 Å². The van der Waals surface area contributed by atoms with Crippen LogP contribution in [0.2, 0.25) is 0 Å². The number of rotatable bonds is 9. The van der Waals surface area contributed by atoms with Crippen molar-refractivity contribution in [3.05, 3.63) is 0 Å². The van der Waals surface area contributed by atoms with Gasteiger partial charge in [-0.2, -0.15) is 5.26 Å². The highest BCUT2D eigenvalue weighted by molar-refractivity contribution is 5.03. The summed E-state index contributed by atoms with van der Waals surface area (Å²) in [6, 6.07) is 2.78. The largest absolute Gasteiger partial charge is 0.383 e. The monoisotopic (exact) mass is 241 g/mol. The van der Waals surface area contributed by atoms with Gasteiger partial charge in [0.25, 0.3) is 0 Å². The molecule has 2 unspecified atom stereocenters. The molecule has 0 spiro atoms. The number of nitrogens with zero attached hydrogens (tertiary/aromatic N) is 2. The zero-order chi connectivity index (χ0) is 13.3. The third kappa shape index (κ3) is 6.62. The standard InChI is InChI=1S/C13H27N3O/c1-6-15-13(3,11-14)8-7-9-16(4)12(2)10-17-5/h12,15H,6-10H2,1-5H3. The Morgan fingerprint density at radius 1 is 1.53 bits per heavy atom. The van der Waals surface area contributed by atoms with Crippen LogP contribution >= 0.6 is 0 Å². The summed E-state index contributed by atoms with van der Waals surface area (Å²) in [6.45, 7) is 8.72. The molecule has 0 aromatic rings. The molecule has 0 aliphatic heterocycles. The molecule has 0 fully saturated rings. The zero-order valence-corrected chi connectivity index (χ0v) is 11.9. The van der Waals surface area contributed by atoms with E-state index >= 15 is 0 Å². The molecule has 100 valence electrons. The molecule has 0 saturated carbocycles. The molecule has 0 radical (unpaired) electrons. The molecule has 0 aliphatic rings. The lowest BCUT2D eigenvalue weighted by Crippen LogP contribution is -2.42. The van der Waals surface area contributed by atoms with Gasteiger partial charge in [0, 0.05) is 13.2 Å². The van der Waals surface area contributed by atoms with Crippen molar-refractivity contribution in [2.45, 2.75) is 45.2 Å². The van der Waals surface area contributed by atoms with Gasteiger partial charge in [0.05, 0.1) is 12.7 Å². The first-order valence-electron chi connectivity index (χ1n) is 6.34. The van der Waals surface area contributed by atoms with Crippen molar-refractivity contribution < 1.29 is 4.74 Å². The highest BCUT2D eigenvalue weighted by atomic mass is 16.5. The lowest BCUT2D eigenvalue weighted by molar-refractivity contribution is 0.113. The number of nitrogens with one attached hydrogen (secondary N) is 1. The lowest BCUT2D eigenvalue weighted by atomic mass is 9.97. The molecule has 0 aromatic carbocycles. The Bertz CT molecular complexity index is 239. The molecule has 0 rings (SSSR count). The average molecular weight is 241 g/mol. The Hall–Kier alpha value is -0.630. The number of nitriles is 1. The van der Waals surface area contributed by atoms with E-state index in [9.17, 15) is 0 Å². The van der Waals surface area contributed by atoms with Crippen molar-refractivity contribution in [2.24, 2.45) is 0 Å². The van der Waals surface area contributed by atoms with Crippen LogP contribution in [0.5, 0.6) is 0 Å². The van der Waals surface area contributed by atoms with Crippen LogP contribution in [0.1, 0.15) is 33.6 Å². The highest BCUT2D eigenvalue weighted by Crippen LogP contribution is 2.12. The van der Waals surface area contributed by atoms with Crippen LogP contribution in [0.3, 0.4) is 0 Å². The van der Waals surface area contributed by atoms with Crippen molar-refractivity contribution in [3.63, 3.8) is 0 Å². The first-order chi connectivity index (χ1) is 7.99. The smallest absolute Gasteiger partial charge is 0.103 e. The van der Waals surface area contributed by atoms with E-state index in [1.54, 1.807) is 7.11 Å². The van der Waals surface area contributed by atoms with E-state index in [-0.39, 0.29) is 5.54 Å². The quantitative estimate of drug-likeness (QED) is 0.666. The van der Waals surface area contributed by atoms with Crippen molar-refractivity contribution in [2.75, 3.05) is 33.9 Å². The Morgan fingerprint density at radius 3 is 2.65 bits per heavy atom. The number of methoxy groups -OCH3 is 1. The van der Waals surface area contributed by atoms with E-state index in [0.29, 0.717) is 6.04 Å². The summed E-state index contributed by atoms with van der Waals surface area (Å²) in [5.41, 5.74) is -0.389. The summed E-state index contributed by atoms with van der Waals surface area (Å²) in [5.74, 6) is 0. The second-order valence-electron chi connectivity index (χ2n) is 4.86. The lowest BCUT2D eigenvalue weighted by Gasteiger charge is -2.27. The number of likely N-dealkylation sites (N-methyl/N-ethyl adjacent to an activating group) is 1. The number of ether oxygens (including phenoxy) is 1. The van der Waals surface area contributed by atoms with Gasteiger partial charge in [0.1, 0.15) is 5.54 Å². The molecule has 4 nitrogen and oxygen atoms in total. The number of hydrogen-bond acceptors (Lipinski definition) is 4. The highest BCUT2D eigenvalue weighted by Gasteiger charge is 2.21. The maximum absolute atomic E-state index is 9.13. The minimum Gasteiger partial charge on any atom is -0.383 e. The molecular weight excluding hydrogens is 214 g/mol. The second kappa shape index (κ2) is 8.46. The van der Waals surface area contributed by atoms with Gasteiger partial charge in [-0.25, -0.2) is 0 Å². The van der Waals surface area contributed by atoms with Crippen LogP contribution in [0.25, 0.3) is 0 Å². The van der Waals surface area contributed by atoms with Gasteiger partial charge in [0.15, 0.2) is 0 Å². The molecule has 4 heteroatoms. The summed E-state index contributed by atoms with van der Waals surface area (Å²) in [7, 11) is 3.82. The summed E-state index contributed by atoms with van der Waals surface area (Å²) in [5, 5.41) is 12.4. The van der Waals surface area contributed by atoms with E-state index in [1.165, 1.54) is 0 Å². The van der Waals surface area contributed by atoms with Gasteiger partial charge in [-0.3, -0.25) is 5.32 Å². The predicted octanol–water partition coefficient (Wildman–Crippen LogP) is 1.63. The normalized spacial score (nSPS) is 16.5. The van der Waals surface area contributed by atoms with Gasteiger partial charge in [0.2, 0.25) is 0 Å². The Balaban J connectivity index is 3.93. The van der Waals surface area contributed by atoms with E-state index in [4.69, 9.17) is 10.00 Å². The third-order valence-corrected chi connectivity index (χ3v) is 3.16. The van der Waals surface area contributed by atoms with Crippen LogP contribution in [-0.2, 0) is 4.74 Å². The fourth-order valence-electron chi connectivity index (χ4n) is 1.84. The Morgan fingerprint density at radius 2 is 2.18 bits per heavy atom. The molecule has 0 amide bonds. The second-order valence-corrected chi connectivity index (χ2v) is 4.86. The minimum atomic E-state index is -0.389. The molecule has 0 aromatic heterocycles. The fourth-order valence-corrected chi connectivity index (χ4v) is 1.84. The van der Waals surface area contributed by atoms with Gasteiger partial charge >= 0.3 is 0 Å². The van der Waals surface area contributed by atoms with Gasteiger partial charge < -0.3 is 9.64 Å². The first kappa shape index (κ1) is 16.4. The van der Waals surface area contributed by atoms with E-state index in [1.807, 2.05) is 13.8 Å². The fraction of sp³-hybridized carbons (Fsp3) is 0.923. The first-order valence-corrected chi connectivity index (χ1v) is 6.34. The van der Waals surface area contributed by atoms with E-state index in [2.05, 4.69) is 30.3 Å². The van der Waals surface area contributed by atoms with Crippen molar-refractivity contribution >= 4 is 0 Å². The van der Waals surface area contributed by atoms with Crippen molar-refractivity contribution in [3.8, 4) is 6.07 Å². The SMILES string of the molecule is CCNC(C)(C#N)CCCN(C)C(C)COC. The summed E-state index contributed by atoms with van der Waals surface area (Å²) in [4.78, 5) is 2.27. The van der Waals surface area contributed by atoms with Crippen LogP contribution < -0.4 is 5.32 Å². The molecular formula is C13H27N3O. The van der Waals surface area contributed by atoms with E-state index in [0.717, 1.165) is 32.5 Å². The number of hydrogen-bond donors (Lipinski definition) is 1. The summed E-state index contributed by atoms with van der Waals surface area (Å²) >= 11 is 0. The van der Waals surface area contributed by atoms with Gasteiger partial charge in [-0.15, -0.1) is 0 Å². The molecule has 0 heterocycles. The zero-order valence-electron chi connectivity index (χ0n) is 11.9. The van der Waals surface area contributed by atoms with Crippen molar-refractivity contribution in [1.82, 2.24) is 10.2 Å². The summed E-state index contributed by atoms with van der Waals surface area (Å²) < 4.78 is 5.13.